The van der Waals surface area contributed by atoms with E-state index in [-0.39, 0.29) is 11.9 Å². The van der Waals surface area contributed by atoms with E-state index in [1.807, 2.05) is 21.6 Å². The quantitative estimate of drug-likeness (QED) is 0.633. The van der Waals surface area contributed by atoms with Gasteiger partial charge in [0, 0.05) is 12.1 Å². The third-order valence-electron chi connectivity index (χ3n) is 5.02. The summed E-state index contributed by atoms with van der Waals surface area (Å²) in [4.78, 5) is 23.9. The number of imidazole rings is 1. The van der Waals surface area contributed by atoms with Gasteiger partial charge in [0.05, 0.1) is 23.0 Å². The van der Waals surface area contributed by atoms with Gasteiger partial charge >= 0.3 is 0 Å². The largest absolute Gasteiger partial charge is 0.332 e. The molecule has 0 aliphatic carbocycles. The summed E-state index contributed by atoms with van der Waals surface area (Å²) < 4.78 is 7.31. The lowest BCUT2D eigenvalue weighted by Crippen LogP contribution is -2.29. The molecule has 26 heavy (non-hydrogen) atoms. The van der Waals surface area contributed by atoms with Crippen LogP contribution in [0, 0.1) is 19.3 Å². The summed E-state index contributed by atoms with van der Waals surface area (Å²) in [5.74, 6) is 3.53. The third-order valence-corrected chi connectivity index (χ3v) is 5.02. The monoisotopic (exact) mass is 345 g/mol. The molecule has 1 amide bonds. The molecule has 1 saturated heterocycles. The number of hydrogen-bond acceptors (Lipinski definition) is 5. The molecule has 0 radical (unpaired) electrons. The number of rotatable bonds is 1. The van der Waals surface area contributed by atoms with Crippen LogP contribution in [-0.4, -0.2) is 37.0 Å². The van der Waals surface area contributed by atoms with Crippen LogP contribution >= 0.6 is 0 Å². The summed E-state index contributed by atoms with van der Waals surface area (Å²) in [6, 6.07) is 5.41. The van der Waals surface area contributed by atoms with E-state index in [1.54, 1.807) is 19.3 Å². The number of amides is 1. The fourth-order valence-corrected chi connectivity index (χ4v) is 3.88. The van der Waals surface area contributed by atoms with Crippen LogP contribution in [0.1, 0.15) is 46.3 Å². The van der Waals surface area contributed by atoms with Crippen molar-refractivity contribution in [2.75, 3.05) is 6.54 Å². The van der Waals surface area contributed by atoms with E-state index in [9.17, 15) is 4.79 Å². The second kappa shape index (κ2) is 5.30. The van der Waals surface area contributed by atoms with Crippen molar-refractivity contribution in [1.82, 2.24) is 24.6 Å². The molecule has 0 saturated carbocycles. The molecule has 4 heterocycles. The Morgan fingerprint density at radius 3 is 3.04 bits per heavy atom. The van der Waals surface area contributed by atoms with Gasteiger partial charge in [0.25, 0.3) is 11.8 Å². The van der Waals surface area contributed by atoms with Crippen LogP contribution in [0.15, 0.2) is 29.0 Å². The van der Waals surface area contributed by atoms with E-state index in [1.165, 1.54) is 0 Å². The SMILES string of the molecule is C#Cc1ccc2c(c1)C(=O)N1CCC[C@@H]1c1c(-c3nc(C)no3)ncn1-2. The van der Waals surface area contributed by atoms with E-state index >= 15 is 0 Å². The van der Waals surface area contributed by atoms with Crippen LogP contribution in [0.4, 0.5) is 0 Å². The average molecular weight is 345 g/mol. The molecule has 1 atom stereocenters. The number of benzene rings is 1. The van der Waals surface area contributed by atoms with E-state index in [2.05, 4.69) is 21.0 Å². The molecule has 2 aliphatic heterocycles. The summed E-state index contributed by atoms with van der Waals surface area (Å²) in [6.07, 6.45) is 9.05. The van der Waals surface area contributed by atoms with Crippen molar-refractivity contribution in [2.45, 2.75) is 25.8 Å². The van der Waals surface area contributed by atoms with Crippen molar-refractivity contribution in [3.63, 3.8) is 0 Å². The summed E-state index contributed by atoms with van der Waals surface area (Å²) >= 11 is 0. The molecular weight excluding hydrogens is 330 g/mol. The summed E-state index contributed by atoms with van der Waals surface area (Å²) in [7, 11) is 0. The molecule has 1 aromatic carbocycles. The molecular formula is C19H15N5O2. The first-order chi connectivity index (χ1) is 12.7. The van der Waals surface area contributed by atoms with Crippen molar-refractivity contribution < 1.29 is 9.32 Å². The summed E-state index contributed by atoms with van der Waals surface area (Å²) in [6.45, 7) is 2.47. The Balaban J connectivity index is 1.80. The molecule has 1 fully saturated rings. The molecule has 0 N–H and O–H groups in total. The first-order valence-electron chi connectivity index (χ1n) is 8.47. The Labute approximate surface area is 149 Å². The zero-order chi connectivity index (χ0) is 17.8. The van der Waals surface area contributed by atoms with Crippen molar-refractivity contribution in [3.8, 4) is 29.6 Å². The van der Waals surface area contributed by atoms with Gasteiger partial charge in [-0.15, -0.1) is 6.42 Å². The van der Waals surface area contributed by atoms with Crippen molar-refractivity contribution in [3.05, 3.63) is 47.2 Å². The number of aryl methyl sites for hydroxylation is 1. The maximum atomic E-state index is 13.2. The number of carbonyl (C=O) groups is 1. The van der Waals surface area contributed by atoms with Gasteiger partial charge < -0.3 is 9.42 Å². The maximum Gasteiger partial charge on any atom is 0.278 e. The summed E-state index contributed by atoms with van der Waals surface area (Å²) in [5.41, 5.74) is 3.59. The van der Waals surface area contributed by atoms with Gasteiger partial charge in [0.1, 0.15) is 6.33 Å². The lowest BCUT2D eigenvalue weighted by molar-refractivity contribution is 0.0739. The zero-order valence-corrected chi connectivity index (χ0v) is 14.1. The second-order valence-corrected chi connectivity index (χ2v) is 6.53. The highest BCUT2D eigenvalue weighted by atomic mass is 16.5. The van der Waals surface area contributed by atoms with E-state index < -0.39 is 0 Å². The predicted molar refractivity (Wildman–Crippen MR) is 92.5 cm³/mol. The summed E-state index contributed by atoms with van der Waals surface area (Å²) in [5, 5.41) is 3.87. The molecule has 0 spiro atoms. The van der Waals surface area contributed by atoms with Crippen LogP contribution < -0.4 is 0 Å². The van der Waals surface area contributed by atoms with Gasteiger partial charge in [-0.05, 0) is 38.0 Å². The van der Waals surface area contributed by atoms with Crippen LogP contribution in [0.2, 0.25) is 0 Å². The van der Waals surface area contributed by atoms with E-state index in [0.717, 1.165) is 24.2 Å². The predicted octanol–water partition coefficient (Wildman–Crippen LogP) is 2.50. The highest BCUT2D eigenvalue weighted by molar-refractivity contribution is 5.99. The molecule has 2 aliphatic rings. The highest BCUT2D eigenvalue weighted by Gasteiger charge is 2.39. The molecule has 3 aromatic rings. The van der Waals surface area contributed by atoms with Gasteiger partial charge in [0.15, 0.2) is 11.5 Å². The Kier molecular flexibility index (Phi) is 3.04. The Morgan fingerprint density at radius 2 is 2.27 bits per heavy atom. The van der Waals surface area contributed by atoms with E-state index in [0.29, 0.717) is 35.1 Å². The topological polar surface area (TPSA) is 77.1 Å². The fraction of sp³-hybridized carbons (Fsp3) is 0.263. The lowest BCUT2D eigenvalue weighted by Gasteiger charge is -2.22. The lowest BCUT2D eigenvalue weighted by atomic mass is 10.1. The first kappa shape index (κ1) is 14.9. The minimum Gasteiger partial charge on any atom is -0.332 e. The van der Waals surface area contributed by atoms with Crippen LogP contribution in [0.25, 0.3) is 17.3 Å². The second-order valence-electron chi connectivity index (χ2n) is 6.53. The minimum absolute atomic E-state index is 0.00374. The number of fused-ring (bicyclic) bond motifs is 5. The van der Waals surface area contributed by atoms with Crippen molar-refractivity contribution in [2.24, 2.45) is 0 Å². The van der Waals surface area contributed by atoms with Gasteiger partial charge in [-0.2, -0.15) is 4.98 Å². The first-order valence-corrected chi connectivity index (χ1v) is 8.47. The fourth-order valence-electron chi connectivity index (χ4n) is 3.88. The number of aromatic nitrogens is 4. The van der Waals surface area contributed by atoms with Crippen LogP contribution in [0.5, 0.6) is 0 Å². The number of terminal acetylenes is 1. The minimum atomic E-state index is -0.0751. The van der Waals surface area contributed by atoms with Crippen molar-refractivity contribution >= 4 is 5.91 Å². The Morgan fingerprint density at radius 1 is 1.38 bits per heavy atom. The zero-order valence-electron chi connectivity index (χ0n) is 14.1. The third kappa shape index (κ3) is 1.96. The molecule has 0 bridgehead atoms. The van der Waals surface area contributed by atoms with Crippen molar-refractivity contribution in [1.29, 1.82) is 0 Å². The molecule has 5 rings (SSSR count). The number of nitrogens with zero attached hydrogens (tertiary/aromatic N) is 5. The van der Waals surface area contributed by atoms with Crippen LogP contribution in [0.3, 0.4) is 0 Å². The molecule has 7 nitrogen and oxygen atoms in total. The average Bonchev–Trinajstić information content (AvgIpc) is 3.37. The van der Waals surface area contributed by atoms with Crippen LogP contribution in [-0.2, 0) is 0 Å². The Hall–Kier alpha value is -3.40. The number of carbonyl (C=O) groups excluding carboxylic acids is 1. The van der Waals surface area contributed by atoms with Gasteiger partial charge in [-0.25, -0.2) is 4.98 Å². The maximum absolute atomic E-state index is 13.2. The van der Waals surface area contributed by atoms with E-state index in [4.69, 9.17) is 10.9 Å². The standard InChI is InChI=1S/C19H15N5O2/c1-3-12-6-7-14-13(9-12)19(25)23-8-4-5-15(23)17-16(20-10-24(14)17)18-21-11(2)22-26-18/h1,6-7,9-10,15H,4-5,8H2,2H3/t15-/m1/s1. The normalized spacial score (nSPS) is 18.1. The highest BCUT2D eigenvalue weighted by Crippen LogP contribution is 2.42. The molecule has 7 heteroatoms. The molecule has 2 aromatic heterocycles. The van der Waals surface area contributed by atoms with Gasteiger partial charge in [-0.1, -0.05) is 11.1 Å². The van der Waals surface area contributed by atoms with Gasteiger partial charge in [0.2, 0.25) is 0 Å². The van der Waals surface area contributed by atoms with Gasteiger partial charge in [-0.3, -0.25) is 9.36 Å². The Bertz CT molecular complexity index is 1090. The smallest absolute Gasteiger partial charge is 0.278 e. The molecule has 0 unspecified atom stereocenters. The number of hydrogen-bond donors (Lipinski definition) is 0. The molecule has 128 valence electrons.